The van der Waals surface area contributed by atoms with Crippen molar-refractivity contribution in [3.05, 3.63) is 54.0 Å². The molecule has 0 aliphatic carbocycles. The van der Waals surface area contributed by atoms with E-state index in [9.17, 15) is 9.59 Å². The van der Waals surface area contributed by atoms with Gasteiger partial charge in [-0.1, -0.05) is 18.2 Å². The molecule has 0 bridgehead atoms. The van der Waals surface area contributed by atoms with Gasteiger partial charge in [-0.2, -0.15) is 0 Å². The van der Waals surface area contributed by atoms with Gasteiger partial charge in [0.05, 0.1) is 12.7 Å². The number of hydrazine groups is 1. The minimum Gasteiger partial charge on any atom is -0.486 e. The fourth-order valence-electron chi connectivity index (χ4n) is 2.80. The third-order valence-corrected chi connectivity index (χ3v) is 4.48. The highest BCUT2D eigenvalue weighted by atomic mass is 16.5. The first kappa shape index (κ1) is 20.9. The molecule has 3 rings (SSSR count). The van der Waals surface area contributed by atoms with Crippen LogP contribution in [0.3, 0.4) is 0 Å². The van der Waals surface area contributed by atoms with E-state index in [1.807, 2.05) is 30.3 Å². The van der Waals surface area contributed by atoms with E-state index in [0.717, 1.165) is 25.9 Å². The Bertz CT molecular complexity index is 785. The highest BCUT2D eigenvalue weighted by Crippen LogP contribution is 2.14. The molecule has 0 radical (unpaired) electrons. The molecule has 0 spiro atoms. The minimum absolute atomic E-state index is 0.0215. The molecular weight excluding hydrogens is 376 g/mol. The third kappa shape index (κ3) is 6.62. The molecule has 2 atom stereocenters. The quantitative estimate of drug-likeness (QED) is 0.659. The van der Waals surface area contributed by atoms with E-state index < -0.39 is 17.9 Å². The molecule has 29 heavy (non-hydrogen) atoms. The summed E-state index contributed by atoms with van der Waals surface area (Å²) in [5, 5.41) is 0. The average Bonchev–Trinajstić information content (AvgIpc) is 3.25. The van der Waals surface area contributed by atoms with Crippen LogP contribution in [0.15, 0.2) is 46.9 Å². The lowest BCUT2D eigenvalue weighted by Gasteiger charge is -2.23. The van der Waals surface area contributed by atoms with Crippen molar-refractivity contribution in [2.45, 2.75) is 45.0 Å². The van der Waals surface area contributed by atoms with E-state index >= 15 is 0 Å². The fraction of sp³-hybridized carbons (Fsp3) is 0.429. The smallest absolute Gasteiger partial charge is 0.305 e. The first-order chi connectivity index (χ1) is 14.1. The lowest BCUT2D eigenvalue weighted by atomic mass is 10.1. The maximum Gasteiger partial charge on any atom is 0.305 e. The second kappa shape index (κ2) is 10.6. The van der Waals surface area contributed by atoms with E-state index in [-0.39, 0.29) is 18.5 Å². The Morgan fingerprint density at radius 1 is 1.14 bits per heavy atom. The summed E-state index contributed by atoms with van der Waals surface area (Å²) in [7, 11) is 0. The molecule has 8 nitrogen and oxygen atoms in total. The van der Waals surface area contributed by atoms with E-state index in [0.29, 0.717) is 18.1 Å². The minimum atomic E-state index is -0.715. The van der Waals surface area contributed by atoms with Crippen molar-refractivity contribution in [2.75, 3.05) is 13.2 Å². The van der Waals surface area contributed by atoms with Gasteiger partial charge < -0.3 is 18.6 Å². The zero-order valence-corrected chi connectivity index (χ0v) is 16.4. The molecule has 2 unspecified atom stereocenters. The summed E-state index contributed by atoms with van der Waals surface area (Å²) in [6, 6.07) is 12.5. The molecule has 1 aliphatic heterocycles. The Morgan fingerprint density at radius 2 is 1.97 bits per heavy atom. The Labute approximate surface area is 169 Å². The molecule has 2 aromatic rings. The van der Waals surface area contributed by atoms with Gasteiger partial charge >= 0.3 is 5.91 Å². The molecule has 1 fully saturated rings. The molecule has 1 aliphatic rings. The lowest BCUT2D eigenvalue weighted by molar-refractivity contribution is -0.136. The summed E-state index contributed by atoms with van der Waals surface area (Å²) < 4.78 is 22.1. The van der Waals surface area contributed by atoms with E-state index in [1.54, 1.807) is 13.0 Å². The van der Waals surface area contributed by atoms with Crippen molar-refractivity contribution in [2.24, 2.45) is 0 Å². The van der Waals surface area contributed by atoms with Crippen molar-refractivity contribution in [3.63, 3.8) is 0 Å². The molecule has 156 valence electrons. The molecule has 1 aromatic carbocycles. The van der Waals surface area contributed by atoms with Crippen LogP contribution in [0.25, 0.3) is 0 Å². The zero-order chi connectivity index (χ0) is 20.5. The number of furan rings is 1. The second-order valence-corrected chi connectivity index (χ2v) is 6.78. The highest BCUT2D eigenvalue weighted by Gasteiger charge is 2.20. The van der Waals surface area contributed by atoms with Gasteiger partial charge in [-0.25, -0.2) is 0 Å². The van der Waals surface area contributed by atoms with Crippen LogP contribution in [0.5, 0.6) is 5.75 Å². The summed E-state index contributed by atoms with van der Waals surface area (Å²) in [4.78, 5) is 24.2. The van der Waals surface area contributed by atoms with Gasteiger partial charge in [-0.3, -0.25) is 20.4 Å². The number of nitrogens with one attached hydrogen (secondary N) is 2. The number of rotatable bonds is 8. The number of para-hydroxylation sites is 1. The van der Waals surface area contributed by atoms with Gasteiger partial charge in [-0.15, -0.1) is 0 Å². The van der Waals surface area contributed by atoms with Crippen LogP contribution in [-0.2, 0) is 20.9 Å². The highest BCUT2D eigenvalue weighted by molar-refractivity contribution is 5.93. The molecule has 0 saturated carbocycles. The van der Waals surface area contributed by atoms with Gasteiger partial charge in [0.25, 0.3) is 5.91 Å². The van der Waals surface area contributed by atoms with Crippen molar-refractivity contribution in [1.29, 1.82) is 0 Å². The van der Waals surface area contributed by atoms with Crippen LogP contribution >= 0.6 is 0 Å². The first-order valence-electron chi connectivity index (χ1n) is 9.72. The van der Waals surface area contributed by atoms with Crippen LogP contribution in [0, 0.1) is 0 Å². The largest absolute Gasteiger partial charge is 0.486 e. The SMILES string of the molecule is CC(OCC1CCCCO1)C(=O)NNC(=O)c1ccc(COc2ccccc2)o1. The van der Waals surface area contributed by atoms with Gasteiger partial charge in [0, 0.05) is 6.61 Å². The van der Waals surface area contributed by atoms with Crippen LogP contribution in [0.2, 0.25) is 0 Å². The van der Waals surface area contributed by atoms with E-state index in [1.165, 1.54) is 6.07 Å². The summed E-state index contributed by atoms with van der Waals surface area (Å²) in [6.07, 6.45) is 2.40. The Kier molecular flexibility index (Phi) is 7.66. The number of carbonyl (C=O) groups excluding carboxylic acids is 2. The fourth-order valence-corrected chi connectivity index (χ4v) is 2.80. The number of hydrogen-bond donors (Lipinski definition) is 2. The standard InChI is InChI=1S/C21H26N2O6/c1-15(27-13-17-9-5-6-12-26-17)20(24)22-23-21(25)19-11-10-18(29-19)14-28-16-7-3-2-4-8-16/h2-4,7-8,10-11,15,17H,5-6,9,12-14H2,1H3,(H,22,24)(H,23,25). The zero-order valence-electron chi connectivity index (χ0n) is 16.4. The molecule has 1 saturated heterocycles. The van der Waals surface area contributed by atoms with Crippen molar-refractivity contribution < 1.29 is 28.2 Å². The number of carbonyl (C=O) groups is 2. The summed E-state index contributed by atoms with van der Waals surface area (Å²) in [6.45, 7) is 2.89. The van der Waals surface area contributed by atoms with Gasteiger partial charge in [0.15, 0.2) is 5.76 Å². The van der Waals surface area contributed by atoms with Crippen LogP contribution in [0.4, 0.5) is 0 Å². The topological polar surface area (TPSA) is 99.0 Å². The lowest BCUT2D eigenvalue weighted by Crippen LogP contribution is -2.46. The van der Waals surface area contributed by atoms with Crippen molar-refractivity contribution in [1.82, 2.24) is 10.9 Å². The molecule has 2 N–H and O–H groups in total. The number of ether oxygens (including phenoxy) is 3. The second-order valence-electron chi connectivity index (χ2n) is 6.78. The van der Waals surface area contributed by atoms with Gasteiger partial charge in [0.1, 0.15) is 24.2 Å². The Morgan fingerprint density at radius 3 is 2.72 bits per heavy atom. The summed E-state index contributed by atoms with van der Waals surface area (Å²) >= 11 is 0. The van der Waals surface area contributed by atoms with Crippen LogP contribution < -0.4 is 15.6 Å². The van der Waals surface area contributed by atoms with E-state index in [2.05, 4.69) is 10.9 Å². The number of amides is 2. The van der Waals surface area contributed by atoms with Gasteiger partial charge in [0.2, 0.25) is 0 Å². The molecule has 2 amide bonds. The predicted octanol–water partition coefficient (Wildman–Crippen LogP) is 2.59. The number of hydrogen-bond acceptors (Lipinski definition) is 6. The van der Waals surface area contributed by atoms with Crippen LogP contribution in [-0.4, -0.2) is 37.2 Å². The summed E-state index contributed by atoms with van der Waals surface area (Å²) in [5.74, 6) is 0.255. The molecular formula is C21H26N2O6. The Balaban J connectivity index is 1.38. The monoisotopic (exact) mass is 402 g/mol. The average molecular weight is 402 g/mol. The van der Waals surface area contributed by atoms with Crippen molar-refractivity contribution >= 4 is 11.8 Å². The van der Waals surface area contributed by atoms with Gasteiger partial charge in [-0.05, 0) is 50.5 Å². The first-order valence-corrected chi connectivity index (χ1v) is 9.72. The molecule has 2 heterocycles. The third-order valence-electron chi connectivity index (χ3n) is 4.48. The molecule has 1 aromatic heterocycles. The normalized spacial score (nSPS) is 17.3. The maximum atomic E-state index is 12.1. The summed E-state index contributed by atoms with van der Waals surface area (Å²) in [5.41, 5.74) is 4.66. The van der Waals surface area contributed by atoms with Crippen molar-refractivity contribution in [3.8, 4) is 5.75 Å². The van der Waals surface area contributed by atoms with E-state index in [4.69, 9.17) is 18.6 Å². The van der Waals surface area contributed by atoms with Crippen LogP contribution in [0.1, 0.15) is 42.5 Å². The number of benzene rings is 1. The maximum absolute atomic E-state index is 12.1. The predicted molar refractivity (Wildman–Crippen MR) is 104 cm³/mol. The molecule has 8 heteroatoms. The Hall–Kier alpha value is -2.84.